The van der Waals surface area contributed by atoms with Crippen molar-refractivity contribution in [2.75, 3.05) is 6.61 Å². The minimum absolute atomic E-state index is 0.0927. The number of rotatable bonds is 2. The molecule has 104 valence electrons. The zero-order chi connectivity index (χ0) is 14.9. The Labute approximate surface area is 131 Å². The van der Waals surface area contributed by atoms with E-state index in [9.17, 15) is 10.1 Å². The summed E-state index contributed by atoms with van der Waals surface area (Å²) in [7, 11) is 0. The van der Waals surface area contributed by atoms with Crippen molar-refractivity contribution in [2.45, 2.75) is 6.42 Å². The summed E-state index contributed by atoms with van der Waals surface area (Å²) in [6.07, 6.45) is 0.351. The molecule has 0 saturated heterocycles. The van der Waals surface area contributed by atoms with Gasteiger partial charge in [-0.1, -0.05) is 40.2 Å². The molecule has 0 amide bonds. The number of fused-ring (bicyclic) bond motifs is 1. The van der Waals surface area contributed by atoms with Crippen LogP contribution in [0.1, 0.15) is 15.9 Å². The van der Waals surface area contributed by atoms with Crippen LogP contribution < -0.4 is 4.74 Å². The first kappa shape index (κ1) is 13.8. The van der Waals surface area contributed by atoms with Crippen LogP contribution in [0.25, 0.3) is 0 Å². The molecule has 1 aliphatic heterocycles. The van der Waals surface area contributed by atoms with Crippen molar-refractivity contribution in [3.63, 3.8) is 0 Å². The van der Waals surface area contributed by atoms with Crippen LogP contribution in [0.5, 0.6) is 5.75 Å². The highest BCUT2D eigenvalue weighted by molar-refractivity contribution is 9.10. The molecule has 0 radical (unpaired) electrons. The SMILES string of the molecule is N#C[C@@]1(Cc2ccc(Br)cc2)COc2ccccc2C1=O. The summed E-state index contributed by atoms with van der Waals surface area (Å²) in [5.74, 6) is 0.402. The first-order valence-corrected chi connectivity index (χ1v) is 7.36. The van der Waals surface area contributed by atoms with Crippen molar-refractivity contribution < 1.29 is 9.53 Å². The van der Waals surface area contributed by atoms with Gasteiger partial charge in [0.25, 0.3) is 0 Å². The molecule has 3 rings (SSSR count). The minimum Gasteiger partial charge on any atom is -0.491 e. The van der Waals surface area contributed by atoms with Gasteiger partial charge in [-0.3, -0.25) is 4.79 Å². The van der Waals surface area contributed by atoms with E-state index in [4.69, 9.17) is 4.74 Å². The number of benzene rings is 2. The predicted octanol–water partition coefficient (Wildman–Crippen LogP) is 3.78. The minimum atomic E-state index is -1.15. The van der Waals surface area contributed by atoms with Gasteiger partial charge in [0.05, 0.1) is 11.6 Å². The Morgan fingerprint density at radius 3 is 2.62 bits per heavy atom. The van der Waals surface area contributed by atoms with E-state index >= 15 is 0 Å². The molecule has 0 unspecified atom stereocenters. The van der Waals surface area contributed by atoms with Crippen LogP contribution in [-0.2, 0) is 6.42 Å². The number of para-hydroxylation sites is 1. The molecule has 4 heteroatoms. The standard InChI is InChI=1S/C17H12BrNO2/c18-13-7-5-12(6-8-13)9-17(10-19)11-21-15-4-2-1-3-14(15)16(17)20/h1-8H,9,11H2/t17-/m0/s1. The second-order valence-corrected chi connectivity index (χ2v) is 6.03. The smallest absolute Gasteiger partial charge is 0.190 e. The largest absolute Gasteiger partial charge is 0.491 e. The molecule has 0 spiro atoms. The second kappa shape index (κ2) is 5.34. The monoisotopic (exact) mass is 341 g/mol. The Morgan fingerprint density at radius 2 is 1.90 bits per heavy atom. The molecule has 0 aromatic heterocycles. The van der Waals surface area contributed by atoms with Gasteiger partial charge in [-0.05, 0) is 29.8 Å². The topological polar surface area (TPSA) is 50.1 Å². The molecule has 21 heavy (non-hydrogen) atoms. The normalized spacial score (nSPS) is 20.3. The van der Waals surface area contributed by atoms with Gasteiger partial charge in [0.1, 0.15) is 12.4 Å². The van der Waals surface area contributed by atoms with E-state index in [1.807, 2.05) is 30.3 Å². The van der Waals surface area contributed by atoms with Gasteiger partial charge in [0.2, 0.25) is 0 Å². The molecule has 0 fully saturated rings. The average molecular weight is 342 g/mol. The lowest BCUT2D eigenvalue weighted by molar-refractivity contribution is 0.0728. The lowest BCUT2D eigenvalue weighted by Gasteiger charge is -2.30. The van der Waals surface area contributed by atoms with Crippen LogP contribution in [0.2, 0.25) is 0 Å². The Morgan fingerprint density at radius 1 is 1.19 bits per heavy atom. The van der Waals surface area contributed by atoms with Crippen molar-refractivity contribution in [1.82, 2.24) is 0 Å². The lowest BCUT2D eigenvalue weighted by Crippen LogP contribution is -2.41. The maximum atomic E-state index is 12.7. The summed E-state index contributed by atoms with van der Waals surface area (Å²) in [6.45, 7) is 0.0927. The van der Waals surface area contributed by atoms with Crippen LogP contribution >= 0.6 is 15.9 Å². The first-order valence-electron chi connectivity index (χ1n) is 6.57. The fraction of sp³-hybridized carbons (Fsp3) is 0.176. The Balaban J connectivity index is 1.97. The van der Waals surface area contributed by atoms with Gasteiger partial charge in [-0.25, -0.2) is 0 Å². The summed E-state index contributed by atoms with van der Waals surface area (Å²) >= 11 is 3.38. The van der Waals surface area contributed by atoms with Crippen molar-refractivity contribution in [3.05, 3.63) is 64.1 Å². The number of hydrogen-bond donors (Lipinski definition) is 0. The zero-order valence-electron chi connectivity index (χ0n) is 11.2. The van der Waals surface area contributed by atoms with Gasteiger partial charge in [-0.15, -0.1) is 0 Å². The van der Waals surface area contributed by atoms with E-state index in [-0.39, 0.29) is 12.4 Å². The molecule has 0 saturated carbocycles. The number of halogens is 1. The highest BCUT2D eigenvalue weighted by Gasteiger charge is 2.44. The summed E-state index contributed by atoms with van der Waals surface area (Å²) in [5.41, 5.74) is 0.279. The number of Topliss-reactive ketones (excluding diaryl/α,β-unsaturated/α-hetero) is 1. The third-order valence-corrected chi connectivity index (χ3v) is 4.20. The van der Waals surface area contributed by atoms with Gasteiger partial charge >= 0.3 is 0 Å². The van der Waals surface area contributed by atoms with Crippen molar-refractivity contribution in [3.8, 4) is 11.8 Å². The molecule has 0 N–H and O–H groups in total. The van der Waals surface area contributed by atoms with Crippen molar-refractivity contribution in [2.24, 2.45) is 5.41 Å². The lowest BCUT2D eigenvalue weighted by atomic mass is 9.76. The van der Waals surface area contributed by atoms with Crippen LogP contribution in [0.15, 0.2) is 53.0 Å². The van der Waals surface area contributed by atoms with E-state index in [0.29, 0.717) is 17.7 Å². The molecular formula is C17H12BrNO2. The number of carbonyl (C=O) groups is 1. The van der Waals surface area contributed by atoms with E-state index in [1.165, 1.54) is 0 Å². The van der Waals surface area contributed by atoms with E-state index in [1.54, 1.807) is 18.2 Å². The van der Waals surface area contributed by atoms with E-state index in [2.05, 4.69) is 22.0 Å². The average Bonchev–Trinajstić information content (AvgIpc) is 2.53. The highest BCUT2D eigenvalue weighted by Crippen LogP contribution is 2.36. The van der Waals surface area contributed by atoms with Gasteiger partial charge < -0.3 is 4.74 Å². The molecule has 1 atom stereocenters. The van der Waals surface area contributed by atoms with Crippen LogP contribution in [0, 0.1) is 16.7 Å². The number of carbonyl (C=O) groups excluding carboxylic acids is 1. The molecule has 0 aliphatic carbocycles. The molecule has 3 nitrogen and oxygen atoms in total. The summed E-state index contributed by atoms with van der Waals surface area (Å²) in [5, 5.41) is 9.59. The molecular weight excluding hydrogens is 330 g/mol. The fourth-order valence-corrected chi connectivity index (χ4v) is 2.77. The van der Waals surface area contributed by atoms with E-state index in [0.717, 1.165) is 10.0 Å². The highest BCUT2D eigenvalue weighted by atomic mass is 79.9. The molecule has 1 aliphatic rings. The van der Waals surface area contributed by atoms with Crippen molar-refractivity contribution in [1.29, 1.82) is 5.26 Å². The van der Waals surface area contributed by atoms with Crippen LogP contribution in [0.3, 0.4) is 0 Å². The number of ether oxygens (including phenoxy) is 1. The van der Waals surface area contributed by atoms with E-state index < -0.39 is 5.41 Å². The second-order valence-electron chi connectivity index (χ2n) is 5.11. The number of hydrogen-bond acceptors (Lipinski definition) is 3. The summed E-state index contributed by atoms with van der Waals surface area (Å²) in [6, 6.07) is 16.9. The Bertz CT molecular complexity index is 733. The first-order chi connectivity index (χ1) is 10.1. The summed E-state index contributed by atoms with van der Waals surface area (Å²) in [4.78, 5) is 12.7. The quantitative estimate of drug-likeness (QED) is 0.835. The number of ketones is 1. The summed E-state index contributed by atoms with van der Waals surface area (Å²) < 4.78 is 6.61. The number of nitrogens with zero attached hydrogens (tertiary/aromatic N) is 1. The maximum absolute atomic E-state index is 12.7. The zero-order valence-corrected chi connectivity index (χ0v) is 12.8. The van der Waals surface area contributed by atoms with Crippen LogP contribution in [0.4, 0.5) is 0 Å². The molecule has 2 aromatic rings. The van der Waals surface area contributed by atoms with Crippen LogP contribution in [-0.4, -0.2) is 12.4 Å². The van der Waals surface area contributed by atoms with Gasteiger partial charge in [0, 0.05) is 10.9 Å². The van der Waals surface area contributed by atoms with Gasteiger partial charge in [-0.2, -0.15) is 5.26 Å². The predicted molar refractivity (Wildman–Crippen MR) is 82.2 cm³/mol. The van der Waals surface area contributed by atoms with Crippen molar-refractivity contribution >= 4 is 21.7 Å². The molecule has 1 heterocycles. The Kier molecular flexibility index (Phi) is 3.52. The fourth-order valence-electron chi connectivity index (χ4n) is 2.51. The number of nitriles is 1. The Hall–Kier alpha value is -2.12. The molecule has 2 aromatic carbocycles. The molecule has 0 bridgehead atoms. The maximum Gasteiger partial charge on any atom is 0.190 e. The third kappa shape index (κ3) is 2.45. The van der Waals surface area contributed by atoms with Gasteiger partial charge in [0.15, 0.2) is 11.2 Å². The third-order valence-electron chi connectivity index (χ3n) is 3.67.